The van der Waals surface area contributed by atoms with Gasteiger partial charge in [0.1, 0.15) is 5.56 Å². The van der Waals surface area contributed by atoms with Gasteiger partial charge in [0.25, 0.3) is 5.91 Å². The number of halogens is 1. The van der Waals surface area contributed by atoms with Gasteiger partial charge in [-0.05, 0) is 6.07 Å². The van der Waals surface area contributed by atoms with Gasteiger partial charge in [0.2, 0.25) is 5.43 Å². The first-order valence-electron chi connectivity index (χ1n) is 9.31. The van der Waals surface area contributed by atoms with Gasteiger partial charge in [-0.15, -0.1) is 11.3 Å². The van der Waals surface area contributed by atoms with E-state index in [0.717, 1.165) is 12.3 Å². The number of primary amides is 1. The molecule has 1 amide bonds. The predicted octanol–water partition coefficient (Wildman–Crippen LogP) is 1.04. The summed E-state index contributed by atoms with van der Waals surface area (Å²) in [5.41, 5.74) is 4.29. The molecule has 0 bridgehead atoms. The van der Waals surface area contributed by atoms with Crippen molar-refractivity contribution in [3.8, 4) is 5.13 Å². The van der Waals surface area contributed by atoms with E-state index in [1.54, 1.807) is 15.0 Å². The monoisotopic (exact) mass is 455 g/mol. The summed E-state index contributed by atoms with van der Waals surface area (Å²) >= 11 is 1.22. The number of thiazole rings is 1. The standard InChI is InChI=1S/C19H14FN7O4S/c20-13-3-11-14(28)12(18(30)31)8-26(19-22-1-2-32-19)16(11)24-17(13)25-6-10(7-25)27-5-9(4-23-27)15(21)29/h1-5,8,10H,6-7H2,(H2,21,29)(H,30,31). The number of hydrogen-bond acceptors (Lipinski definition) is 8. The van der Waals surface area contributed by atoms with Crippen LogP contribution in [0.1, 0.15) is 26.8 Å². The lowest BCUT2D eigenvalue weighted by molar-refractivity contribution is 0.0694. The van der Waals surface area contributed by atoms with E-state index in [1.807, 2.05) is 0 Å². The number of carbonyl (C=O) groups is 2. The first-order valence-corrected chi connectivity index (χ1v) is 10.2. The van der Waals surface area contributed by atoms with E-state index in [2.05, 4.69) is 15.1 Å². The summed E-state index contributed by atoms with van der Waals surface area (Å²) in [5, 5.41) is 15.4. The highest BCUT2D eigenvalue weighted by molar-refractivity contribution is 7.12. The molecule has 0 aromatic carbocycles. The number of hydrogen-bond donors (Lipinski definition) is 2. The van der Waals surface area contributed by atoms with Crippen LogP contribution in [0.2, 0.25) is 0 Å². The number of carboxylic acids is 1. The van der Waals surface area contributed by atoms with Gasteiger partial charge in [0.05, 0.1) is 23.2 Å². The minimum atomic E-state index is -1.42. The SMILES string of the molecule is NC(=O)c1cnn(C2CN(c3nc4c(cc3F)c(=O)c(C(=O)O)cn4-c3nccs3)C2)c1. The van der Waals surface area contributed by atoms with Crippen LogP contribution in [-0.2, 0) is 0 Å². The van der Waals surface area contributed by atoms with Gasteiger partial charge in [-0.25, -0.2) is 19.2 Å². The summed E-state index contributed by atoms with van der Waals surface area (Å²) in [6.45, 7) is 0.730. The number of amides is 1. The van der Waals surface area contributed by atoms with Gasteiger partial charge in [-0.3, -0.25) is 18.8 Å². The second kappa shape index (κ2) is 7.23. The highest BCUT2D eigenvalue weighted by Gasteiger charge is 2.33. The Bertz CT molecular complexity index is 1440. The van der Waals surface area contributed by atoms with Crippen molar-refractivity contribution < 1.29 is 19.1 Å². The van der Waals surface area contributed by atoms with Gasteiger partial charge in [-0.1, -0.05) is 0 Å². The van der Waals surface area contributed by atoms with Gasteiger partial charge in [0.15, 0.2) is 22.4 Å². The number of nitrogens with zero attached hydrogens (tertiary/aromatic N) is 6. The highest BCUT2D eigenvalue weighted by Crippen LogP contribution is 2.30. The lowest BCUT2D eigenvalue weighted by Crippen LogP contribution is -2.48. The molecule has 3 N–H and O–H groups in total. The lowest BCUT2D eigenvalue weighted by atomic mass is 10.1. The maximum absolute atomic E-state index is 14.9. The molecule has 5 rings (SSSR count). The van der Waals surface area contributed by atoms with Gasteiger partial charge >= 0.3 is 5.97 Å². The minimum Gasteiger partial charge on any atom is -0.477 e. The average molecular weight is 455 g/mol. The van der Waals surface area contributed by atoms with Crippen molar-refractivity contribution in [2.45, 2.75) is 6.04 Å². The maximum atomic E-state index is 14.9. The molecule has 0 aliphatic carbocycles. The van der Waals surface area contributed by atoms with Crippen molar-refractivity contribution in [2.75, 3.05) is 18.0 Å². The third kappa shape index (κ3) is 3.10. The topological polar surface area (TPSA) is 149 Å². The molecule has 0 radical (unpaired) electrons. The molecule has 0 atom stereocenters. The van der Waals surface area contributed by atoms with E-state index in [9.17, 15) is 23.9 Å². The van der Waals surface area contributed by atoms with Crippen LogP contribution in [0.25, 0.3) is 16.2 Å². The molecule has 0 saturated carbocycles. The Morgan fingerprint density at radius 3 is 2.69 bits per heavy atom. The maximum Gasteiger partial charge on any atom is 0.341 e. The second-order valence-electron chi connectivity index (χ2n) is 7.16. The summed E-state index contributed by atoms with van der Waals surface area (Å²) in [6.07, 6.45) is 5.57. The molecule has 11 nitrogen and oxygen atoms in total. The van der Waals surface area contributed by atoms with Crippen LogP contribution in [0.15, 0.2) is 41.0 Å². The number of pyridine rings is 2. The molecule has 1 fully saturated rings. The lowest BCUT2D eigenvalue weighted by Gasteiger charge is -2.40. The number of carboxylic acid groups (broad SMARTS) is 1. The Morgan fingerprint density at radius 1 is 1.28 bits per heavy atom. The van der Waals surface area contributed by atoms with E-state index in [1.165, 1.54) is 34.5 Å². The minimum absolute atomic E-state index is 0.0174. The fourth-order valence-electron chi connectivity index (χ4n) is 3.53. The molecule has 32 heavy (non-hydrogen) atoms. The Labute approximate surface area is 182 Å². The van der Waals surface area contributed by atoms with E-state index in [4.69, 9.17) is 5.73 Å². The van der Waals surface area contributed by atoms with Gasteiger partial charge in [0, 0.05) is 37.1 Å². The molecule has 4 aromatic heterocycles. The number of rotatable bonds is 5. The van der Waals surface area contributed by atoms with E-state index >= 15 is 0 Å². The Hall–Kier alpha value is -4.13. The van der Waals surface area contributed by atoms with Crippen molar-refractivity contribution in [3.63, 3.8) is 0 Å². The number of fused-ring (bicyclic) bond motifs is 1. The first kappa shape index (κ1) is 19.8. The summed E-state index contributed by atoms with van der Waals surface area (Å²) in [5.74, 6) is -2.74. The summed E-state index contributed by atoms with van der Waals surface area (Å²) in [7, 11) is 0. The van der Waals surface area contributed by atoms with E-state index in [-0.39, 0.29) is 28.5 Å². The van der Waals surface area contributed by atoms with Crippen molar-refractivity contribution in [1.82, 2.24) is 24.3 Å². The molecule has 162 valence electrons. The van der Waals surface area contributed by atoms with Gasteiger partial charge < -0.3 is 15.7 Å². The average Bonchev–Trinajstić information content (AvgIpc) is 3.40. The van der Waals surface area contributed by atoms with Crippen LogP contribution >= 0.6 is 11.3 Å². The van der Waals surface area contributed by atoms with Crippen LogP contribution in [0, 0.1) is 5.82 Å². The fraction of sp³-hybridized carbons (Fsp3) is 0.158. The van der Waals surface area contributed by atoms with Crippen LogP contribution in [0.5, 0.6) is 0 Å². The first-order chi connectivity index (χ1) is 15.3. The quantitative estimate of drug-likeness (QED) is 0.453. The van der Waals surface area contributed by atoms with E-state index in [0.29, 0.717) is 18.2 Å². The molecule has 4 aromatic rings. The van der Waals surface area contributed by atoms with Crippen molar-refractivity contribution in [1.29, 1.82) is 0 Å². The van der Waals surface area contributed by atoms with Crippen LogP contribution in [0.3, 0.4) is 0 Å². The second-order valence-corrected chi connectivity index (χ2v) is 8.03. The zero-order valence-corrected chi connectivity index (χ0v) is 17.0. The largest absolute Gasteiger partial charge is 0.477 e. The predicted molar refractivity (Wildman–Crippen MR) is 112 cm³/mol. The van der Waals surface area contributed by atoms with Crippen molar-refractivity contribution in [2.24, 2.45) is 5.73 Å². The highest BCUT2D eigenvalue weighted by atomic mass is 32.1. The summed E-state index contributed by atoms with van der Waals surface area (Å²) in [4.78, 5) is 45.6. The summed E-state index contributed by atoms with van der Waals surface area (Å²) in [6, 6.07) is 0.888. The third-order valence-corrected chi connectivity index (χ3v) is 5.96. The number of anilines is 1. The normalized spacial score (nSPS) is 14.0. The molecular weight excluding hydrogens is 441 g/mol. The van der Waals surface area contributed by atoms with Crippen molar-refractivity contribution in [3.05, 3.63) is 63.4 Å². The zero-order valence-electron chi connectivity index (χ0n) is 16.2. The third-order valence-electron chi connectivity index (χ3n) is 5.19. The Balaban J connectivity index is 1.55. The molecule has 0 unspecified atom stereocenters. The number of aromatic carboxylic acids is 1. The molecule has 1 aliphatic rings. The zero-order chi connectivity index (χ0) is 22.6. The number of nitrogens with two attached hydrogens (primary N) is 1. The molecular formula is C19H14FN7O4S. The molecule has 5 heterocycles. The van der Waals surface area contributed by atoms with Crippen LogP contribution in [-0.4, -0.2) is 54.4 Å². The number of aromatic nitrogens is 5. The van der Waals surface area contributed by atoms with Crippen molar-refractivity contribution >= 4 is 40.1 Å². The fourth-order valence-corrected chi connectivity index (χ4v) is 4.15. The van der Waals surface area contributed by atoms with Gasteiger partial charge in [-0.2, -0.15) is 5.10 Å². The Kier molecular flexibility index (Phi) is 4.48. The molecule has 13 heteroatoms. The van der Waals surface area contributed by atoms with Crippen LogP contribution < -0.4 is 16.1 Å². The van der Waals surface area contributed by atoms with E-state index < -0.39 is 28.7 Å². The smallest absolute Gasteiger partial charge is 0.341 e. The number of carbonyl (C=O) groups excluding carboxylic acids is 1. The molecule has 0 spiro atoms. The summed E-state index contributed by atoms with van der Waals surface area (Å²) < 4.78 is 17.9. The molecule has 1 aliphatic heterocycles. The molecule has 1 saturated heterocycles. The Morgan fingerprint density at radius 2 is 2.06 bits per heavy atom. The van der Waals surface area contributed by atoms with Crippen LogP contribution in [0.4, 0.5) is 10.2 Å².